The van der Waals surface area contributed by atoms with Gasteiger partial charge in [0.2, 0.25) is 0 Å². The van der Waals surface area contributed by atoms with Gasteiger partial charge in [-0.05, 0) is 48.9 Å². The monoisotopic (exact) mass is 219 g/mol. The van der Waals surface area contributed by atoms with Crippen molar-refractivity contribution in [3.8, 4) is 0 Å². The Hall–Kier alpha value is -0.860. The molecule has 0 radical (unpaired) electrons. The molecule has 0 atom stereocenters. The zero-order valence-corrected chi connectivity index (χ0v) is 9.72. The largest absolute Gasteiger partial charge is 0.317 e. The lowest BCUT2D eigenvalue weighted by atomic mass is 9.88. The summed E-state index contributed by atoms with van der Waals surface area (Å²) in [5.74, 6) is 0.711. The molecule has 0 bridgehead atoms. The average Bonchev–Trinajstić information content (AvgIpc) is 2.80. The van der Waals surface area contributed by atoms with Crippen LogP contribution in [0, 0.1) is 5.92 Å². The van der Waals surface area contributed by atoms with E-state index in [0.29, 0.717) is 5.92 Å². The van der Waals surface area contributed by atoms with E-state index < -0.39 is 0 Å². The average molecular weight is 219 g/mol. The SMILES string of the molecule is C=C/C=C(/c1cccs1)C1CCNCC1. The van der Waals surface area contributed by atoms with Crippen LogP contribution in [0.3, 0.4) is 0 Å². The van der Waals surface area contributed by atoms with E-state index in [9.17, 15) is 0 Å². The van der Waals surface area contributed by atoms with Gasteiger partial charge in [0.25, 0.3) is 0 Å². The fraction of sp³-hybridized carbons (Fsp3) is 0.385. The van der Waals surface area contributed by atoms with Crippen LogP contribution in [0.1, 0.15) is 17.7 Å². The van der Waals surface area contributed by atoms with Crippen LogP contribution in [0.25, 0.3) is 5.57 Å². The van der Waals surface area contributed by atoms with Gasteiger partial charge < -0.3 is 5.32 Å². The molecule has 2 heterocycles. The molecule has 1 saturated heterocycles. The summed E-state index contributed by atoms with van der Waals surface area (Å²) >= 11 is 1.83. The molecule has 1 aromatic heterocycles. The third-order valence-electron chi connectivity index (χ3n) is 2.88. The molecule has 80 valence electrons. The summed E-state index contributed by atoms with van der Waals surface area (Å²) in [7, 11) is 0. The van der Waals surface area contributed by atoms with E-state index >= 15 is 0 Å². The van der Waals surface area contributed by atoms with Crippen LogP contribution in [-0.4, -0.2) is 13.1 Å². The quantitative estimate of drug-likeness (QED) is 0.769. The van der Waals surface area contributed by atoms with E-state index in [2.05, 4.69) is 35.5 Å². The van der Waals surface area contributed by atoms with E-state index in [1.807, 2.05) is 17.4 Å². The summed E-state index contributed by atoms with van der Waals surface area (Å²) in [4.78, 5) is 1.40. The molecular formula is C13H17NS. The zero-order chi connectivity index (χ0) is 10.5. The minimum atomic E-state index is 0.711. The summed E-state index contributed by atoms with van der Waals surface area (Å²) in [6.45, 7) is 6.10. The Morgan fingerprint density at radius 2 is 2.27 bits per heavy atom. The highest BCUT2D eigenvalue weighted by atomic mass is 32.1. The summed E-state index contributed by atoms with van der Waals surface area (Å²) in [6, 6.07) is 4.33. The van der Waals surface area contributed by atoms with Gasteiger partial charge in [-0.1, -0.05) is 24.8 Å². The molecule has 0 amide bonds. The number of piperidine rings is 1. The lowest BCUT2D eigenvalue weighted by Crippen LogP contribution is -2.28. The Kier molecular flexibility index (Phi) is 3.75. The first-order valence-corrected chi connectivity index (χ1v) is 6.37. The molecule has 1 aliphatic heterocycles. The predicted octanol–water partition coefficient (Wildman–Crippen LogP) is 3.32. The van der Waals surface area contributed by atoms with Crippen LogP contribution in [0.4, 0.5) is 0 Å². The Balaban J connectivity index is 2.19. The molecule has 1 N–H and O–H groups in total. The lowest BCUT2D eigenvalue weighted by molar-refractivity contribution is 0.447. The van der Waals surface area contributed by atoms with Crippen LogP contribution in [0.2, 0.25) is 0 Å². The minimum absolute atomic E-state index is 0.711. The lowest BCUT2D eigenvalue weighted by Gasteiger charge is -2.24. The molecule has 1 nitrogen and oxygen atoms in total. The van der Waals surface area contributed by atoms with Gasteiger partial charge in [0.05, 0.1) is 0 Å². The first kappa shape index (κ1) is 10.7. The van der Waals surface area contributed by atoms with Gasteiger partial charge in [-0.2, -0.15) is 0 Å². The Morgan fingerprint density at radius 1 is 1.47 bits per heavy atom. The van der Waals surface area contributed by atoms with Crippen molar-refractivity contribution in [3.63, 3.8) is 0 Å². The molecule has 0 aromatic carbocycles. The number of rotatable bonds is 3. The number of hydrogen-bond donors (Lipinski definition) is 1. The maximum atomic E-state index is 3.82. The van der Waals surface area contributed by atoms with Crippen molar-refractivity contribution < 1.29 is 0 Å². The second-order valence-corrected chi connectivity index (χ2v) is 4.81. The van der Waals surface area contributed by atoms with Crippen LogP contribution in [0.15, 0.2) is 36.2 Å². The number of allylic oxidation sites excluding steroid dienone is 3. The summed E-state index contributed by atoms with van der Waals surface area (Å²) in [5, 5.41) is 5.55. The van der Waals surface area contributed by atoms with Crippen molar-refractivity contribution in [1.82, 2.24) is 5.32 Å². The summed E-state index contributed by atoms with van der Waals surface area (Å²) < 4.78 is 0. The van der Waals surface area contributed by atoms with Crippen LogP contribution >= 0.6 is 11.3 Å². The molecule has 1 aliphatic rings. The van der Waals surface area contributed by atoms with E-state index in [1.54, 1.807) is 0 Å². The molecule has 0 spiro atoms. The van der Waals surface area contributed by atoms with Gasteiger partial charge >= 0.3 is 0 Å². The number of thiophene rings is 1. The third-order valence-corrected chi connectivity index (χ3v) is 3.80. The van der Waals surface area contributed by atoms with Crippen molar-refractivity contribution in [2.24, 2.45) is 5.92 Å². The zero-order valence-electron chi connectivity index (χ0n) is 8.91. The second kappa shape index (κ2) is 5.29. The Bertz CT molecular complexity index is 331. The first-order valence-electron chi connectivity index (χ1n) is 5.49. The maximum Gasteiger partial charge on any atom is 0.0305 e. The molecule has 2 heteroatoms. The van der Waals surface area contributed by atoms with Crippen LogP contribution in [-0.2, 0) is 0 Å². The van der Waals surface area contributed by atoms with Crippen LogP contribution < -0.4 is 5.32 Å². The molecule has 1 aromatic rings. The highest BCUT2D eigenvalue weighted by molar-refractivity contribution is 7.11. The Morgan fingerprint density at radius 3 is 2.87 bits per heavy atom. The standard InChI is InChI=1S/C13H17NS/c1-2-4-12(13-5-3-10-15-13)11-6-8-14-9-7-11/h2-5,10-11,14H,1,6-9H2/b12-4+. The van der Waals surface area contributed by atoms with E-state index in [1.165, 1.54) is 23.3 Å². The topological polar surface area (TPSA) is 12.0 Å². The van der Waals surface area contributed by atoms with Crippen molar-refractivity contribution >= 4 is 16.9 Å². The molecular weight excluding hydrogens is 202 g/mol. The predicted molar refractivity (Wildman–Crippen MR) is 68.1 cm³/mol. The van der Waals surface area contributed by atoms with E-state index in [4.69, 9.17) is 0 Å². The first-order chi connectivity index (χ1) is 7.42. The molecule has 0 unspecified atom stereocenters. The van der Waals surface area contributed by atoms with Gasteiger partial charge in [0.1, 0.15) is 0 Å². The molecule has 1 fully saturated rings. The highest BCUT2D eigenvalue weighted by Crippen LogP contribution is 2.32. The number of nitrogens with one attached hydrogen (secondary N) is 1. The molecule has 0 aliphatic carbocycles. The van der Waals surface area contributed by atoms with Gasteiger partial charge in [-0.15, -0.1) is 11.3 Å². The van der Waals surface area contributed by atoms with Crippen LogP contribution in [0.5, 0.6) is 0 Å². The maximum absolute atomic E-state index is 3.82. The second-order valence-electron chi connectivity index (χ2n) is 3.86. The van der Waals surface area contributed by atoms with Gasteiger partial charge in [0, 0.05) is 4.88 Å². The summed E-state index contributed by atoms with van der Waals surface area (Å²) in [5.41, 5.74) is 1.47. The van der Waals surface area contributed by atoms with E-state index in [-0.39, 0.29) is 0 Å². The number of hydrogen-bond acceptors (Lipinski definition) is 2. The Labute approximate surface area is 95.5 Å². The van der Waals surface area contributed by atoms with Gasteiger partial charge in [0.15, 0.2) is 0 Å². The van der Waals surface area contributed by atoms with Gasteiger partial charge in [-0.25, -0.2) is 0 Å². The summed E-state index contributed by atoms with van der Waals surface area (Å²) in [6.07, 6.45) is 6.59. The fourth-order valence-electron chi connectivity index (χ4n) is 2.12. The minimum Gasteiger partial charge on any atom is -0.317 e. The van der Waals surface area contributed by atoms with Crippen molar-refractivity contribution in [2.75, 3.05) is 13.1 Å². The van der Waals surface area contributed by atoms with Crippen molar-refractivity contribution in [3.05, 3.63) is 41.1 Å². The highest BCUT2D eigenvalue weighted by Gasteiger charge is 2.18. The smallest absolute Gasteiger partial charge is 0.0305 e. The van der Waals surface area contributed by atoms with Gasteiger partial charge in [-0.3, -0.25) is 0 Å². The normalized spacial score (nSPS) is 19.1. The van der Waals surface area contributed by atoms with Crippen molar-refractivity contribution in [2.45, 2.75) is 12.8 Å². The molecule has 2 rings (SSSR count). The molecule has 15 heavy (non-hydrogen) atoms. The van der Waals surface area contributed by atoms with E-state index in [0.717, 1.165) is 13.1 Å². The van der Waals surface area contributed by atoms with Crippen molar-refractivity contribution in [1.29, 1.82) is 0 Å². The third kappa shape index (κ3) is 2.58. The molecule has 0 saturated carbocycles. The fourth-order valence-corrected chi connectivity index (χ4v) is 2.95.